The lowest BCUT2D eigenvalue weighted by molar-refractivity contribution is -0.135. The van der Waals surface area contributed by atoms with Crippen molar-refractivity contribution < 1.29 is 14.4 Å². The largest absolute Gasteiger partial charge is 0.399 e. The Kier molecular flexibility index (Phi) is 3.59. The third-order valence-corrected chi connectivity index (χ3v) is 3.57. The first-order valence-electron chi connectivity index (χ1n) is 6.51. The molecule has 0 aromatic heterocycles. The number of anilines is 2. The van der Waals surface area contributed by atoms with Gasteiger partial charge in [0.25, 0.3) is 11.8 Å². The van der Waals surface area contributed by atoms with Crippen molar-refractivity contribution >= 4 is 29.1 Å². The molecule has 0 aliphatic carbocycles. The fourth-order valence-electron chi connectivity index (χ4n) is 2.27. The molecule has 1 aliphatic rings. The minimum absolute atomic E-state index is 0.0216. The Hall–Kier alpha value is -2.57. The SMILES string of the molecule is CNC(=O)c1ccc(N)cc1N1CC(=O)NC(=O)C1(C)C. The lowest BCUT2D eigenvalue weighted by atomic mass is 9.96. The number of carbonyl (C=O) groups is 3. The van der Waals surface area contributed by atoms with Crippen molar-refractivity contribution in [1.82, 2.24) is 10.6 Å². The van der Waals surface area contributed by atoms with Crippen molar-refractivity contribution in [3.05, 3.63) is 23.8 Å². The molecule has 3 amide bonds. The fourth-order valence-corrected chi connectivity index (χ4v) is 2.27. The molecule has 1 aromatic carbocycles. The summed E-state index contributed by atoms with van der Waals surface area (Å²) in [6, 6.07) is 4.78. The lowest BCUT2D eigenvalue weighted by Gasteiger charge is -2.42. The topological polar surface area (TPSA) is 105 Å². The van der Waals surface area contributed by atoms with Gasteiger partial charge >= 0.3 is 0 Å². The van der Waals surface area contributed by atoms with E-state index in [0.29, 0.717) is 16.9 Å². The van der Waals surface area contributed by atoms with E-state index in [9.17, 15) is 14.4 Å². The zero-order valence-electron chi connectivity index (χ0n) is 12.2. The number of hydrogen-bond acceptors (Lipinski definition) is 5. The van der Waals surface area contributed by atoms with Gasteiger partial charge in [0.05, 0.1) is 17.8 Å². The van der Waals surface area contributed by atoms with Crippen LogP contribution in [0, 0.1) is 0 Å². The summed E-state index contributed by atoms with van der Waals surface area (Å²) in [4.78, 5) is 37.3. The highest BCUT2D eigenvalue weighted by Crippen LogP contribution is 2.31. The van der Waals surface area contributed by atoms with E-state index in [-0.39, 0.29) is 12.5 Å². The number of imide groups is 1. The van der Waals surface area contributed by atoms with E-state index in [1.54, 1.807) is 36.9 Å². The average molecular weight is 290 g/mol. The summed E-state index contributed by atoms with van der Waals surface area (Å²) in [5, 5.41) is 4.83. The van der Waals surface area contributed by atoms with Gasteiger partial charge in [-0.15, -0.1) is 0 Å². The molecule has 0 spiro atoms. The maximum Gasteiger partial charge on any atom is 0.253 e. The molecule has 1 saturated heterocycles. The summed E-state index contributed by atoms with van der Waals surface area (Å²) >= 11 is 0. The maximum atomic E-state index is 12.0. The van der Waals surface area contributed by atoms with Crippen LogP contribution in [0.2, 0.25) is 0 Å². The molecular weight excluding hydrogens is 272 g/mol. The van der Waals surface area contributed by atoms with E-state index in [2.05, 4.69) is 10.6 Å². The molecule has 7 nitrogen and oxygen atoms in total. The molecule has 0 radical (unpaired) electrons. The van der Waals surface area contributed by atoms with Crippen LogP contribution in [0.3, 0.4) is 0 Å². The van der Waals surface area contributed by atoms with E-state index in [1.165, 1.54) is 7.05 Å². The number of carbonyl (C=O) groups excluding carboxylic acids is 3. The van der Waals surface area contributed by atoms with Gasteiger partial charge in [0.2, 0.25) is 5.91 Å². The second kappa shape index (κ2) is 5.08. The standard InChI is InChI=1S/C14H18N4O3/c1-14(2)13(21)17-11(19)7-18(14)10-6-8(15)4-5-9(10)12(20)16-3/h4-6H,7,15H2,1-3H3,(H,16,20)(H,17,19,21). The number of nitrogen functional groups attached to an aromatic ring is 1. The first-order valence-corrected chi connectivity index (χ1v) is 6.51. The number of benzene rings is 1. The zero-order chi connectivity index (χ0) is 15.8. The molecule has 21 heavy (non-hydrogen) atoms. The monoisotopic (exact) mass is 290 g/mol. The molecule has 7 heteroatoms. The summed E-state index contributed by atoms with van der Waals surface area (Å²) in [5.41, 5.74) is 6.10. The minimum atomic E-state index is -0.968. The quantitative estimate of drug-likeness (QED) is 0.520. The molecule has 0 unspecified atom stereocenters. The predicted molar refractivity (Wildman–Crippen MR) is 78.8 cm³/mol. The van der Waals surface area contributed by atoms with Gasteiger partial charge in [-0.3, -0.25) is 19.7 Å². The molecule has 1 fully saturated rings. The van der Waals surface area contributed by atoms with Crippen LogP contribution >= 0.6 is 0 Å². The first-order chi connectivity index (χ1) is 9.77. The smallest absolute Gasteiger partial charge is 0.253 e. The number of amides is 3. The van der Waals surface area contributed by atoms with Gasteiger partial charge in [0, 0.05) is 12.7 Å². The second-order valence-electron chi connectivity index (χ2n) is 5.38. The van der Waals surface area contributed by atoms with Crippen LogP contribution in [-0.4, -0.2) is 36.9 Å². The molecule has 0 bridgehead atoms. The number of hydrogen-bond donors (Lipinski definition) is 3. The van der Waals surface area contributed by atoms with Gasteiger partial charge < -0.3 is 16.0 Å². The maximum absolute atomic E-state index is 12.0. The van der Waals surface area contributed by atoms with Crippen LogP contribution in [0.4, 0.5) is 11.4 Å². The number of nitrogens with two attached hydrogens (primary N) is 1. The molecule has 1 aromatic rings. The molecule has 112 valence electrons. The lowest BCUT2D eigenvalue weighted by Crippen LogP contribution is -2.64. The van der Waals surface area contributed by atoms with Crippen molar-refractivity contribution in [2.24, 2.45) is 0 Å². The van der Waals surface area contributed by atoms with E-state index < -0.39 is 17.4 Å². The minimum Gasteiger partial charge on any atom is -0.399 e. The van der Waals surface area contributed by atoms with Crippen molar-refractivity contribution in [3.63, 3.8) is 0 Å². The Bertz CT molecular complexity index is 625. The molecule has 2 rings (SSSR count). The van der Waals surface area contributed by atoms with E-state index in [4.69, 9.17) is 5.73 Å². The van der Waals surface area contributed by atoms with Gasteiger partial charge in [-0.05, 0) is 32.0 Å². The summed E-state index contributed by atoms with van der Waals surface area (Å²) in [6.45, 7) is 3.35. The highest BCUT2D eigenvalue weighted by molar-refractivity contribution is 6.09. The highest BCUT2D eigenvalue weighted by atomic mass is 16.2. The fraction of sp³-hybridized carbons (Fsp3) is 0.357. The van der Waals surface area contributed by atoms with Gasteiger partial charge in [-0.1, -0.05) is 0 Å². The Morgan fingerprint density at radius 3 is 2.67 bits per heavy atom. The number of piperazine rings is 1. The van der Waals surface area contributed by atoms with Gasteiger partial charge in [0.1, 0.15) is 5.54 Å². The van der Waals surface area contributed by atoms with E-state index in [1.807, 2.05) is 0 Å². The number of nitrogens with one attached hydrogen (secondary N) is 2. The van der Waals surface area contributed by atoms with Crippen molar-refractivity contribution in [2.45, 2.75) is 19.4 Å². The number of nitrogens with zero attached hydrogens (tertiary/aromatic N) is 1. The summed E-state index contributed by atoms with van der Waals surface area (Å²) in [7, 11) is 1.52. The average Bonchev–Trinajstić information content (AvgIpc) is 2.42. The first kappa shape index (κ1) is 14.8. The van der Waals surface area contributed by atoms with Crippen molar-refractivity contribution in [2.75, 3.05) is 24.2 Å². The van der Waals surface area contributed by atoms with Crippen molar-refractivity contribution in [1.29, 1.82) is 0 Å². The molecule has 0 atom stereocenters. The molecule has 1 heterocycles. The number of rotatable bonds is 2. The van der Waals surface area contributed by atoms with Crippen molar-refractivity contribution in [3.8, 4) is 0 Å². The van der Waals surface area contributed by atoms with Crippen LogP contribution in [-0.2, 0) is 9.59 Å². The highest BCUT2D eigenvalue weighted by Gasteiger charge is 2.42. The molecule has 1 aliphatic heterocycles. The molecular formula is C14H18N4O3. The molecule has 4 N–H and O–H groups in total. The zero-order valence-corrected chi connectivity index (χ0v) is 12.2. The van der Waals surface area contributed by atoms with Crippen LogP contribution in [0.25, 0.3) is 0 Å². The molecule has 0 saturated carbocycles. The van der Waals surface area contributed by atoms with Crippen LogP contribution in [0.15, 0.2) is 18.2 Å². The van der Waals surface area contributed by atoms with Gasteiger partial charge in [0.15, 0.2) is 0 Å². The Morgan fingerprint density at radius 2 is 2.05 bits per heavy atom. The Labute approximate surface area is 122 Å². The van der Waals surface area contributed by atoms with Crippen LogP contribution in [0.1, 0.15) is 24.2 Å². The Balaban J connectivity index is 2.58. The second-order valence-corrected chi connectivity index (χ2v) is 5.38. The van der Waals surface area contributed by atoms with Gasteiger partial charge in [-0.25, -0.2) is 0 Å². The van der Waals surface area contributed by atoms with Crippen LogP contribution < -0.4 is 21.3 Å². The summed E-state index contributed by atoms with van der Waals surface area (Å²) in [5.74, 6) is -1.13. The Morgan fingerprint density at radius 1 is 1.38 bits per heavy atom. The third-order valence-electron chi connectivity index (χ3n) is 3.57. The third kappa shape index (κ3) is 2.54. The predicted octanol–water partition coefficient (Wildman–Crippen LogP) is -0.130. The summed E-state index contributed by atoms with van der Waals surface area (Å²) < 4.78 is 0. The summed E-state index contributed by atoms with van der Waals surface area (Å²) in [6.07, 6.45) is 0. The van der Waals surface area contributed by atoms with Gasteiger partial charge in [-0.2, -0.15) is 0 Å². The normalized spacial score (nSPS) is 17.4. The van der Waals surface area contributed by atoms with E-state index >= 15 is 0 Å². The van der Waals surface area contributed by atoms with Crippen LogP contribution in [0.5, 0.6) is 0 Å². The van der Waals surface area contributed by atoms with E-state index in [0.717, 1.165) is 0 Å².